The van der Waals surface area contributed by atoms with Gasteiger partial charge in [0.15, 0.2) is 0 Å². The zero-order chi connectivity index (χ0) is 20.1. The van der Waals surface area contributed by atoms with E-state index in [2.05, 4.69) is 11.4 Å². The van der Waals surface area contributed by atoms with Gasteiger partial charge in [-0.25, -0.2) is 12.8 Å². The molecule has 28 heavy (non-hydrogen) atoms. The van der Waals surface area contributed by atoms with E-state index in [1.807, 2.05) is 18.2 Å². The molecule has 0 unspecified atom stereocenters. The summed E-state index contributed by atoms with van der Waals surface area (Å²) in [5.41, 5.74) is 2.43. The van der Waals surface area contributed by atoms with Gasteiger partial charge >= 0.3 is 0 Å². The first kappa shape index (κ1) is 20.3. The third-order valence-corrected chi connectivity index (χ3v) is 6.17. The van der Waals surface area contributed by atoms with Gasteiger partial charge in [-0.3, -0.25) is 9.10 Å². The van der Waals surface area contributed by atoms with E-state index < -0.39 is 15.8 Å². The van der Waals surface area contributed by atoms with Crippen molar-refractivity contribution in [2.45, 2.75) is 38.1 Å². The number of carbonyl (C=O) groups is 1. The standard InChI is InChI=1S/C21H25FN2O3S/c1-28(26,27)24(20-13-5-4-11-18(20)22)15-7-14-21(25)23-19-12-6-9-16-8-2-3-10-17(16)19/h2-5,8,10-11,13,19H,6-7,9,12,14-15H2,1H3,(H,23,25)/t19-/m0/s1. The quantitative estimate of drug-likeness (QED) is 0.767. The number of nitrogens with zero attached hydrogens (tertiary/aromatic N) is 1. The average molecular weight is 405 g/mol. The maximum atomic E-state index is 14.0. The Kier molecular flexibility index (Phi) is 6.34. The van der Waals surface area contributed by atoms with E-state index in [9.17, 15) is 17.6 Å². The van der Waals surface area contributed by atoms with E-state index in [1.54, 1.807) is 6.07 Å². The molecule has 1 aliphatic carbocycles. The van der Waals surface area contributed by atoms with Crippen molar-refractivity contribution in [1.82, 2.24) is 5.32 Å². The number of fused-ring (bicyclic) bond motifs is 1. The molecule has 7 heteroatoms. The second-order valence-electron chi connectivity index (χ2n) is 7.10. The van der Waals surface area contributed by atoms with Crippen LogP contribution < -0.4 is 9.62 Å². The van der Waals surface area contributed by atoms with Gasteiger partial charge in [0.25, 0.3) is 0 Å². The lowest BCUT2D eigenvalue weighted by atomic mass is 9.87. The number of sulfonamides is 1. The predicted molar refractivity (Wildman–Crippen MR) is 108 cm³/mol. The normalized spacial score (nSPS) is 16.3. The van der Waals surface area contributed by atoms with Crippen LogP contribution in [0, 0.1) is 5.82 Å². The van der Waals surface area contributed by atoms with Crippen molar-refractivity contribution in [1.29, 1.82) is 0 Å². The van der Waals surface area contributed by atoms with Crippen molar-refractivity contribution in [3.05, 3.63) is 65.5 Å². The lowest BCUT2D eigenvalue weighted by molar-refractivity contribution is -0.122. The van der Waals surface area contributed by atoms with Crippen LogP contribution in [-0.2, 0) is 21.2 Å². The molecule has 1 amide bonds. The van der Waals surface area contributed by atoms with E-state index in [4.69, 9.17) is 0 Å². The van der Waals surface area contributed by atoms with Crippen LogP contribution in [0.4, 0.5) is 10.1 Å². The topological polar surface area (TPSA) is 66.5 Å². The van der Waals surface area contributed by atoms with Crippen molar-refractivity contribution < 1.29 is 17.6 Å². The van der Waals surface area contributed by atoms with E-state index in [0.29, 0.717) is 6.42 Å². The molecule has 2 aromatic rings. The largest absolute Gasteiger partial charge is 0.349 e. The Morgan fingerprint density at radius 3 is 2.64 bits per heavy atom. The van der Waals surface area contributed by atoms with Crippen molar-refractivity contribution in [2.75, 3.05) is 17.1 Å². The number of benzene rings is 2. The molecule has 0 heterocycles. The van der Waals surface area contributed by atoms with Crippen molar-refractivity contribution in [3.63, 3.8) is 0 Å². The molecule has 150 valence electrons. The average Bonchev–Trinajstić information content (AvgIpc) is 2.65. The molecule has 0 spiro atoms. The molecule has 0 saturated carbocycles. The summed E-state index contributed by atoms with van der Waals surface area (Å²) >= 11 is 0. The summed E-state index contributed by atoms with van der Waals surface area (Å²) in [6, 6.07) is 13.9. The maximum absolute atomic E-state index is 14.0. The first-order valence-electron chi connectivity index (χ1n) is 9.45. The number of para-hydroxylation sites is 1. The molecule has 1 atom stereocenters. The highest BCUT2D eigenvalue weighted by atomic mass is 32.2. The highest BCUT2D eigenvalue weighted by Gasteiger charge is 2.23. The van der Waals surface area contributed by atoms with Crippen LogP contribution in [0.5, 0.6) is 0 Å². The van der Waals surface area contributed by atoms with Gasteiger partial charge in [-0.05, 0) is 48.9 Å². The van der Waals surface area contributed by atoms with Crippen molar-refractivity contribution in [3.8, 4) is 0 Å². The lowest BCUT2D eigenvalue weighted by Crippen LogP contribution is -2.34. The molecular formula is C21H25FN2O3S. The molecule has 1 N–H and O–H groups in total. The Balaban J connectivity index is 1.59. The van der Waals surface area contributed by atoms with Gasteiger partial charge in [0.05, 0.1) is 18.0 Å². The Hall–Kier alpha value is -2.41. The lowest BCUT2D eigenvalue weighted by Gasteiger charge is -2.26. The third-order valence-electron chi connectivity index (χ3n) is 4.99. The van der Waals surface area contributed by atoms with Gasteiger partial charge in [0, 0.05) is 13.0 Å². The van der Waals surface area contributed by atoms with E-state index in [0.717, 1.165) is 35.4 Å². The summed E-state index contributed by atoms with van der Waals surface area (Å²) in [6.07, 6.45) is 4.47. The van der Waals surface area contributed by atoms with E-state index >= 15 is 0 Å². The molecule has 5 nitrogen and oxygen atoms in total. The minimum Gasteiger partial charge on any atom is -0.349 e. The molecule has 0 aliphatic heterocycles. The summed E-state index contributed by atoms with van der Waals surface area (Å²) in [7, 11) is -3.64. The molecule has 0 aromatic heterocycles. The monoisotopic (exact) mass is 404 g/mol. The fourth-order valence-electron chi connectivity index (χ4n) is 3.67. The van der Waals surface area contributed by atoms with Crippen LogP contribution in [0.3, 0.4) is 0 Å². The number of amides is 1. The highest BCUT2D eigenvalue weighted by Crippen LogP contribution is 2.29. The zero-order valence-electron chi connectivity index (χ0n) is 15.9. The van der Waals surface area contributed by atoms with Crippen LogP contribution in [0.2, 0.25) is 0 Å². The molecular weight excluding hydrogens is 379 g/mol. The van der Waals surface area contributed by atoms with Gasteiger partial charge in [0.1, 0.15) is 5.82 Å². The van der Waals surface area contributed by atoms with Crippen molar-refractivity contribution in [2.24, 2.45) is 0 Å². The maximum Gasteiger partial charge on any atom is 0.232 e. The summed E-state index contributed by atoms with van der Waals surface area (Å²) in [5.74, 6) is -0.722. The first-order chi connectivity index (χ1) is 13.4. The predicted octanol–water partition coefficient (Wildman–Crippen LogP) is 3.57. The Morgan fingerprint density at radius 1 is 1.18 bits per heavy atom. The Morgan fingerprint density at radius 2 is 1.89 bits per heavy atom. The van der Waals surface area contributed by atoms with E-state index in [1.165, 1.54) is 23.8 Å². The Labute approximate surface area is 165 Å². The van der Waals surface area contributed by atoms with Crippen molar-refractivity contribution >= 4 is 21.6 Å². The van der Waals surface area contributed by atoms with Crippen LogP contribution in [0.1, 0.15) is 42.9 Å². The number of hydrogen-bond donors (Lipinski definition) is 1. The minimum atomic E-state index is -3.64. The summed E-state index contributed by atoms with van der Waals surface area (Å²) in [4.78, 5) is 12.4. The fourth-order valence-corrected chi connectivity index (χ4v) is 4.64. The number of anilines is 1. The van der Waals surface area contributed by atoms with Gasteiger partial charge in [-0.2, -0.15) is 0 Å². The Bertz CT molecular complexity index is 946. The van der Waals surface area contributed by atoms with Gasteiger partial charge in [-0.1, -0.05) is 36.4 Å². The van der Waals surface area contributed by atoms with Crippen LogP contribution >= 0.6 is 0 Å². The molecule has 0 saturated heterocycles. The number of halogens is 1. The number of aryl methyl sites for hydroxylation is 1. The number of hydrogen-bond acceptors (Lipinski definition) is 3. The molecule has 0 bridgehead atoms. The second kappa shape index (κ2) is 8.73. The van der Waals surface area contributed by atoms with Gasteiger partial charge in [-0.15, -0.1) is 0 Å². The molecule has 3 rings (SSSR count). The number of nitrogens with one attached hydrogen (secondary N) is 1. The molecule has 2 aromatic carbocycles. The third kappa shape index (κ3) is 4.90. The van der Waals surface area contributed by atoms with Gasteiger partial charge in [0.2, 0.25) is 15.9 Å². The summed E-state index contributed by atoms with van der Waals surface area (Å²) < 4.78 is 39.2. The first-order valence-corrected chi connectivity index (χ1v) is 11.3. The SMILES string of the molecule is CS(=O)(=O)N(CCCC(=O)N[C@H]1CCCc2ccccc21)c1ccccc1F. The molecule has 1 aliphatic rings. The van der Waals surface area contributed by atoms with Crippen LogP contribution in [-0.4, -0.2) is 27.1 Å². The number of carbonyl (C=O) groups excluding carboxylic acids is 1. The smallest absolute Gasteiger partial charge is 0.232 e. The molecule has 0 radical (unpaired) electrons. The van der Waals surface area contributed by atoms with Crippen LogP contribution in [0.15, 0.2) is 48.5 Å². The van der Waals surface area contributed by atoms with E-state index in [-0.39, 0.29) is 30.6 Å². The minimum absolute atomic E-state index is 0.00460. The second-order valence-corrected chi connectivity index (χ2v) is 9.01. The number of rotatable bonds is 7. The fraction of sp³-hybridized carbons (Fsp3) is 0.381. The summed E-state index contributed by atoms with van der Waals surface area (Å²) in [5, 5.41) is 3.06. The zero-order valence-corrected chi connectivity index (χ0v) is 16.7. The van der Waals surface area contributed by atoms with Crippen LogP contribution in [0.25, 0.3) is 0 Å². The van der Waals surface area contributed by atoms with Gasteiger partial charge < -0.3 is 5.32 Å². The molecule has 0 fully saturated rings. The highest BCUT2D eigenvalue weighted by molar-refractivity contribution is 7.92. The summed E-state index contributed by atoms with van der Waals surface area (Å²) in [6.45, 7) is 0.0500.